The normalized spacial score (nSPS) is 26.9. The molecule has 0 saturated heterocycles. The van der Waals surface area contributed by atoms with Gasteiger partial charge in [0.2, 0.25) is 0 Å². The minimum absolute atomic E-state index is 0.165. The summed E-state index contributed by atoms with van der Waals surface area (Å²) in [4.78, 5) is 12.1. The van der Waals surface area contributed by atoms with E-state index in [2.05, 4.69) is 15.0 Å². The highest BCUT2D eigenvalue weighted by Gasteiger charge is 2.36. The van der Waals surface area contributed by atoms with Gasteiger partial charge in [-0.15, -0.1) is 11.6 Å². The molecule has 0 bridgehead atoms. The first kappa shape index (κ1) is 12.3. The van der Waals surface area contributed by atoms with Crippen LogP contribution in [0.5, 0.6) is 0 Å². The molecule has 100 valence electrons. The van der Waals surface area contributed by atoms with Crippen LogP contribution in [0, 0.1) is 0 Å². The van der Waals surface area contributed by atoms with E-state index in [0.717, 1.165) is 0 Å². The average molecular weight is 282 g/mol. The molecule has 3 atom stereocenters. The highest BCUT2D eigenvalue weighted by atomic mass is 35.5. The first-order chi connectivity index (χ1) is 9.13. The maximum atomic E-state index is 10.1. The van der Waals surface area contributed by atoms with Gasteiger partial charge in [0.15, 0.2) is 11.5 Å². The van der Waals surface area contributed by atoms with E-state index in [-0.39, 0.29) is 11.7 Å². The van der Waals surface area contributed by atoms with Crippen molar-refractivity contribution < 1.29 is 10.2 Å². The zero-order valence-electron chi connectivity index (χ0n) is 9.81. The van der Waals surface area contributed by atoms with Crippen molar-refractivity contribution in [2.24, 2.45) is 0 Å². The fourth-order valence-electron chi connectivity index (χ4n) is 2.28. The molecule has 0 spiro atoms. The highest BCUT2D eigenvalue weighted by Crippen LogP contribution is 2.32. The predicted molar refractivity (Wildman–Crippen MR) is 69.6 cm³/mol. The van der Waals surface area contributed by atoms with Crippen molar-refractivity contribution in [3.63, 3.8) is 0 Å². The summed E-state index contributed by atoms with van der Waals surface area (Å²) < 4.78 is 1.65. The molecule has 2 heterocycles. The monoisotopic (exact) mass is 281 g/mol. The van der Waals surface area contributed by atoms with Crippen LogP contribution in [-0.2, 0) is 0 Å². The first-order valence-electron chi connectivity index (χ1n) is 5.69. The van der Waals surface area contributed by atoms with Gasteiger partial charge in [0, 0.05) is 5.88 Å². The number of hydrogen-bond acceptors (Lipinski definition) is 6. The molecule has 0 radical (unpaired) electrons. The Hall–Kier alpha value is -1.70. The quantitative estimate of drug-likeness (QED) is 0.522. The summed E-state index contributed by atoms with van der Waals surface area (Å²) in [5, 5.41) is 19.9. The van der Waals surface area contributed by atoms with Gasteiger partial charge in [-0.2, -0.15) is 0 Å². The molecule has 0 aliphatic heterocycles. The molecule has 1 aliphatic carbocycles. The number of rotatable bonds is 2. The first-order valence-corrected chi connectivity index (χ1v) is 6.22. The zero-order chi connectivity index (χ0) is 13.6. The SMILES string of the molecule is Nc1ncnc2c1ncn2[C@@H]1C=C(CCl)[C@@H](O)[C@H]1O. The minimum Gasteiger partial charge on any atom is -0.388 e. The number of hydrogen-bond donors (Lipinski definition) is 3. The predicted octanol–water partition coefficient (Wildman–Crippen LogP) is -0.150. The van der Waals surface area contributed by atoms with Crippen LogP contribution in [0.15, 0.2) is 24.3 Å². The lowest BCUT2D eigenvalue weighted by Crippen LogP contribution is -2.29. The van der Waals surface area contributed by atoms with Gasteiger partial charge < -0.3 is 20.5 Å². The molecule has 8 heteroatoms. The Bertz CT molecular complexity index is 656. The Kier molecular flexibility index (Phi) is 2.89. The fraction of sp³-hybridized carbons (Fsp3) is 0.364. The van der Waals surface area contributed by atoms with Crippen molar-refractivity contribution in [1.82, 2.24) is 19.5 Å². The van der Waals surface area contributed by atoms with Crippen LogP contribution in [0.2, 0.25) is 0 Å². The van der Waals surface area contributed by atoms with Crippen LogP contribution in [0.3, 0.4) is 0 Å². The lowest BCUT2D eigenvalue weighted by atomic mass is 10.1. The summed E-state index contributed by atoms with van der Waals surface area (Å²) in [7, 11) is 0. The van der Waals surface area contributed by atoms with E-state index >= 15 is 0 Å². The zero-order valence-corrected chi connectivity index (χ0v) is 10.6. The number of nitrogens with zero attached hydrogens (tertiary/aromatic N) is 4. The lowest BCUT2D eigenvalue weighted by Gasteiger charge is -2.18. The third-order valence-corrected chi connectivity index (χ3v) is 3.61. The number of anilines is 1. The Morgan fingerprint density at radius 1 is 1.32 bits per heavy atom. The molecule has 0 amide bonds. The largest absolute Gasteiger partial charge is 0.388 e. The maximum Gasteiger partial charge on any atom is 0.166 e. The second-order valence-electron chi connectivity index (χ2n) is 4.38. The van der Waals surface area contributed by atoms with Crippen molar-refractivity contribution in [3.8, 4) is 0 Å². The van der Waals surface area contributed by atoms with Crippen LogP contribution >= 0.6 is 11.6 Å². The van der Waals surface area contributed by atoms with E-state index in [0.29, 0.717) is 16.7 Å². The average Bonchev–Trinajstić information content (AvgIpc) is 2.94. The van der Waals surface area contributed by atoms with E-state index in [1.807, 2.05) is 0 Å². The third kappa shape index (κ3) is 1.78. The van der Waals surface area contributed by atoms with Gasteiger partial charge in [-0.1, -0.05) is 6.08 Å². The van der Waals surface area contributed by atoms with Gasteiger partial charge in [-0.3, -0.25) is 0 Å². The number of nitrogen functional groups attached to an aromatic ring is 1. The summed E-state index contributed by atoms with van der Waals surface area (Å²) >= 11 is 5.73. The van der Waals surface area contributed by atoms with Gasteiger partial charge >= 0.3 is 0 Å². The van der Waals surface area contributed by atoms with E-state index in [1.54, 1.807) is 10.6 Å². The van der Waals surface area contributed by atoms with E-state index in [4.69, 9.17) is 17.3 Å². The summed E-state index contributed by atoms with van der Waals surface area (Å²) in [5.74, 6) is 0.441. The fourth-order valence-corrected chi connectivity index (χ4v) is 2.53. The molecule has 4 N–H and O–H groups in total. The van der Waals surface area contributed by atoms with Crippen LogP contribution in [-0.4, -0.2) is 47.8 Å². The molecule has 3 rings (SSSR count). The van der Waals surface area contributed by atoms with Crippen molar-refractivity contribution in [1.29, 1.82) is 0 Å². The maximum absolute atomic E-state index is 10.1. The number of halogens is 1. The van der Waals surface area contributed by atoms with Gasteiger partial charge in [-0.05, 0) is 5.57 Å². The number of imidazole rings is 1. The molecule has 2 aromatic heterocycles. The second kappa shape index (κ2) is 4.44. The number of fused-ring (bicyclic) bond motifs is 1. The van der Waals surface area contributed by atoms with Gasteiger partial charge in [0.05, 0.1) is 12.4 Å². The second-order valence-corrected chi connectivity index (χ2v) is 4.65. The van der Waals surface area contributed by atoms with E-state index in [9.17, 15) is 10.2 Å². The molecular weight excluding hydrogens is 270 g/mol. The third-order valence-electron chi connectivity index (χ3n) is 3.30. The van der Waals surface area contributed by atoms with E-state index < -0.39 is 18.2 Å². The van der Waals surface area contributed by atoms with Gasteiger partial charge in [0.25, 0.3) is 0 Å². The highest BCUT2D eigenvalue weighted by molar-refractivity contribution is 6.19. The molecule has 1 aliphatic rings. The van der Waals surface area contributed by atoms with Gasteiger partial charge in [-0.25, -0.2) is 15.0 Å². The van der Waals surface area contributed by atoms with Crippen LogP contribution in [0.25, 0.3) is 11.2 Å². The van der Waals surface area contributed by atoms with Crippen molar-refractivity contribution in [2.45, 2.75) is 18.2 Å². The van der Waals surface area contributed by atoms with E-state index in [1.165, 1.54) is 12.7 Å². The minimum atomic E-state index is -0.984. The summed E-state index contributed by atoms with van der Waals surface area (Å²) in [5.41, 5.74) is 7.27. The number of alkyl halides is 1. The standard InChI is InChI=1S/C11H12ClN5O2/c12-2-5-1-6(9(19)8(5)18)17-4-16-7-10(13)14-3-15-11(7)17/h1,3-4,6,8-9,18-19H,2H2,(H2,13,14,15)/t6-,8-,9+/m1/s1. The molecule has 19 heavy (non-hydrogen) atoms. The molecular formula is C11H12ClN5O2. The van der Waals surface area contributed by atoms with Crippen molar-refractivity contribution in [3.05, 3.63) is 24.3 Å². The van der Waals surface area contributed by atoms with Crippen LogP contribution in [0.1, 0.15) is 6.04 Å². The smallest absolute Gasteiger partial charge is 0.166 e. The summed E-state index contributed by atoms with van der Waals surface area (Å²) in [6.45, 7) is 0. The van der Waals surface area contributed by atoms with Crippen LogP contribution in [0.4, 0.5) is 5.82 Å². The number of aliphatic hydroxyl groups excluding tert-OH is 2. The van der Waals surface area contributed by atoms with Gasteiger partial charge in [0.1, 0.15) is 24.1 Å². The molecule has 7 nitrogen and oxygen atoms in total. The van der Waals surface area contributed by atoms with Crippen LogP contribution < -0.4 is 5.73 Å². The molecule has 0 fully saturated rings. The van der Waals surface area contributed by atoms with Crippen molar-refractivity contribution in [2.75, 3.05) is 11.6 Å². The number of aliphatic hydroxyl groups is 2. The number of nitrogens with two attached hydrogens (primary N) is 1. The Morgan fingerprint density at radius 3 is 2.79 bits per heavy atom. The Balaban J connectivity index is 2.11. The lowest BCUT2D eigenvalue weighted by molar-refractivity contribution is 0.0330. The van der Waals surface area contributed by atoms with Crippen molar-refractivity contribution >= 4 is 28.6 Å². The molecule has 0 unspecified atom stereocenters. The Labute approximate surface area is 113 Å². The Morgan fingerprint density at radius 2 is 2.11 bits per heavy atom. The summed E-state index contributed by atoms with van der Waals surface area (Å²) in [6, 6.07) is -0.469. The molecule has 2 aromatic rings. The molecule has 0 saturated carbocycles. The topological polar surface area (TPSA) is 110 Å². The molecule has 0 aromatic carbocycles. The summed E-state index contributed by atoms with van der Waals surface area (Å²) in [6.07, 6.45) is 2.62. The number of aromatic nitrogens is 4.